The summed E-state index contributed by atoms with van der Waals surface area (Å²) >= 11 is 1.18. The molecule has 12 nitrogen and oxygen atoms in total. The predicted molar refractivity (Wildman–Crippen MR) is 229 cm³/mol. The third kappa shape index (κ3) is 8.32. The zero-order valence-electron chi connectivity index (χ0n) is 34.5. The number of hydrogen-bond donors (Lipinski definition) is 2. The van der Waals surface area contributed by atoms with Gasteiger partial charge in [0.1, 0.15) is 23.9 Å². The zero-order valence-corrected chi connectivity index (χ0v) is 36.2. The van der Waals surface area contributed by atoms with E-state index in [1.54, 1.807) is 47.4 Å². The highest BCUT2D eigenvalue weighted by atomic mass is 32.1. The quantitative estimate of drug-likeness (QED) is 0.0997. The number of thiophene rings is 1. The number of likely N-dealkylation sites (tertiary alicyclic amines) is 1. The van der Waals surface area contributed by atoms with Crippen molar-refractivity contribution in [3.63, 3.8) is 0 Å². The Kier molecular flexibility index (Phi) is 12.1. The molecule has 8 rings (SSSR count). The van der Waals surface area contributed by atoms with Gasteiger partial charge in [-0.25, -0.2) is 9.48 Å². The van der Waals surface area contributed by atoms with Crippen molar-refractivity contribution in [2.75, 3.05) is 13.2 Å². The Morgan fingerprint density at radius 1 is 1.03 bits per heavy atom. The van der Waals surface area contributed by atoms with Crippen LogP contribution in [0.4, 0.5) is 4.39 Å². The Balaban J connectivity index is 0.994. The number of nitrogens with zero attached hydrogens (tertiary/aromatic N) is 3. The van der Waals surface area contributed by atoms with E-state index in [2.05, 4.69) is 23.4 Å². The Hall–Kier alpha value is -5.09. The molecule has 4 heterocycles. The normalized spacial score (nSPS) is 26.1. The fourth-order valence-corrected chi connectivity index (χ4v) is 12.5. The molecule has 9 atom stereocenters. The number of nitrogens with one attached hydrogen (secondary N) is 2. The first kappa shape index (κ1) is 42.6. The van der Waals surface area contributed by atoms with Gasteiger partial charge in [-0.05, 0) is 105 Å². The lowest BCUT2D eigenvalue weighted by atomic mass is 9.85. The van der Waals surface area contributed by atoms with Crippen LogP contribution in [0.5, 0.6) is 5.75 Å². The lowest BCUT2D eigenvalue weighted by Crippen LogP contribution is -2.56. The molecule has 4 fully saturated rings. The average Bonchev–Trinajstić information content (AvgIpc) is 3.62. The van der Waals surface area contributed by atoms with E-state index in [4.69, 9.17) is 9.26 Å². The number of carbonyl (C=O) groups excluding carboxylic acids is 4. The number of benzene rings is 3. The summed E-state index contributed by atoms with van der Waals surface area (Å²) in [5.41, 5.74) is 0.533. The summed E-state index contributed by atoms with van der Waals surface area (Å²) in [5, 5.41) is 16.4. The fourth-order valence-electron chi connectivity index (χ4n) is 9.66. The maximum absolute atomic E-state index is 16.6. The third-order valence-corrected chi connectivity index (χ3v) is 16.0. The molecule has 4 aliphatic rings. The van der Waals surface area contributed by atoms with Crippen molar-refractivity contribution < 1.29 is 37.4 Å². The smallest absolute Gasteiger partial charge is 0.355 e. The van der Waals surface area contributed by atoms with Crippen molar-refractivity contribution in [2.24, 2.45) is 11.8 Å². The Morgan fingerprint density at radius 2 is 1.75 bits per heavy atom. The molecule has 3 aromatic carbocycles. The van der Waals surface area contributed by atoms with Gasteiger partial charge in [0.25, 0.3) is 5.91 Å². The molecule has 1 aliphatic carbocycles. The first-order valence-electron chi connectivity index (χ1n) is 21.2. The molecule has 320 valence electrons. The van der Waals surface area contributed by atoms with Crippen molar-refractivity contribution in [1.82, 2.24) is 20.2 Å². The molecule has 1 spiro atoms. The zero-order chi connectivity index (χ0) is 43.1. The Labute approximate surface area is 359 Å². The highest BCUT2D eigenvalue weighted by Gasteiger charge is 2.64. The van der Waals surface area contributed by atoms with Crippen molar-refractivity contribution in [1.29, 1.82) is 5.26 Å². The van der Waals surface area contributed by atoms with E-state index in [1.165, 1.54) is 30.4 Å². The van der Waals surface area contributed by atoms with Crippen molar-refractivity contribution in [3.8, 4) is 11.8 Å². The topological polar surface area (TPSA) is 158 Å². The minimum absolute atomic E-state index is 0.0175. The number of esters is 1. The van der Waals surface area contributed by atoms with Crippen LogP contribution in [0.1, 0.15) is 98.3 Å². The average molecular weight is 868 g/mol. The van der Waals surface area contributed by atoms with Crippen LogP contribution in [-0.4, -0.2) is 76.3 Å². The molecule has 15 heteroatoms. The number of carbonyl (C=O) groups is 4. The van der Waals surface area contributed by atoms with Crippen LogP contribution in [0.2, 0.25) is 0 Å². The second kappa shape index (κ2) is 17.3. The van der Waals surface area contributed by atoms with Crippen molar-refractivity contribution in [2.45, 2.75) is 107 Å². The number of para-hydroxylation sites is 1. The number of fused-ring (bicyclic) bond motifs is 2. The van der Waals surface area contributed by atoms with Gasteiger partial charge in [0.15, 0.2) is 0 Å². The number of nitriles is 1. The lowest BCUT2D eigenvalue weighted by Gasteiger charge is -2.35. The maximum Gasteiger partial charge on any atom is 0.355 e. The van der Waals surface area contributed by atoms with Gasteiger partial charge < -0.3 is 24.4 Å². The molecule has 3 aliphatic heterocycles. The number of alkyl halides is 1. The standard InChI is InChI=1S/C46H51FN5O7PS/c1-4-21-58-45(56)29(3)50-60(57,59-34-13-9-6-10-14-34)41(47)31-15-18-39-32(24-31)25-40(61-39)42(53)49-37-23-28(2)22-33-16-17-38(52(33)43(37)54)44(55)51-27-35(30-11-7-5-8-12-30)36(26-48)46(51)19-20-46/h5-15,18,24-25,28-29,33,35-38,41H,4,16-17,19-23,27H2,1-3H3,(H,49,53)(H,50,57)/t28-,29-,33+,35+,36+,37-,38-,41-,60?/m0/s1. The summed E-state index contributed by atoms with van der Waals surface area (Å²) in [5.74, 6) is -3.95. The fraction of sp³-hybridized carbons (Fsp3) is 0.457. The van der Waals surface area contributed by atoms with Crippen molar-refractivity contribution >= 4 is 52.6 Å². The van der Waals surface area contributed by atoms with Gasteiger partial charge in [0, 0.05) is 23.2 Å². The monoisotopic (exact) mass is 867 g/mol. The molecular weight excluding hydrogens is 817 g/mol. The molecule has 2 N–H and O–H groups in total. The second-order valence-corrected chi connectivity index (χ2v) is 20.2. The van der Waals surface area contributed by atoms with E-state index in [9.17, 15) is 29.0 Å². The van der Waals surface area contributed by atoms with Crippen LogP contribution in [0.3, 0.4) is 0 Å². The molecular formula is C46H51FN5O7PS. The SMILES string of the molecule is CCCOC(=O)[C@H](C)NP(=O)(Oc1ccccc1)[C@H](F)c1ccc2sc(C(=O)N[C@H]3C[C@@H](C)C[C@H]4CC[C@@H](C(=O)N5C[C@H](c6ccccc6)[C@@H](C#N)C56CC6)N4C3=O)cc2c1. The summed E-state index contributed by atoms with van der Waals surface area (Å²) in [4.78, 5) is 59.6. The van der Waals surface area contributed by atoms with Crippen LogP contribution in [0, 0.1) is 23.2 Å². The van der Waals surface area contributed by atoms with Crippen LogP contribution < -0.4 is 14.9 Å². The van der Waals surface area contributed by atoms with Gasteiger partial charge >= 0.3 is 13.5 Å². The van der Waals surface area contributed by atoms with Gasteiger partial charge in [-0.2, -0.15) is 5.26 Å². The van der Waals surface area contributed by atoms with Crippen molar-refractivity contribution in [3.05, 3.63) is 101 Å². The number of halogens is 1. The molecule has 4 aromatic rings. The van der Waals surface area contributed by atoms with E-state index < -0.39 is 49.0 Å². The number of rotatable bonds is 13. The molecule has 61 heavy (non-hydrogen) atoms. The van der Waals surface area contributed by atoms with Crippen LogP contribution in [0.25, 0.3) is 10.1 Å². The second-order valence-electron chi connectivity index (χ2n) is 17.0. The molecule has 3 saturated heterocycles. The molecule has 0 radical (unpaired) electrons. The summed E-state index contributed by atoms with van der Waals surface area (Å²) < 4.78 is 42.5. The van der Waals surface area contributed by atoms with E-state index in [0.29, 0.717) is 53.6 Å². The maximum atomic E-state index is 16.6. The van der Waals surface area contributed by atoms with Crippen LogP contribution in [0.15, 0.2) is 84.9 Å². The Bertz CT molecular complexity index is 2390. The number of hydrogen-bond acceptors (Lipinski definition) is 9. The predicted octanol–water partition coefficient (Wildman–Crippen LogP) is 8.26. The van der Waals surface area contributed by atoms with E-state index in [1.807, 2.05) is 42.2 Å². The summed E-state index contributed by atoms with van der Waals surface area (Å²) in [7, 11) is -4.46. The lowest BCUT2D eigenvalue weighted by molar-refractivity contribution is -0.147. The van der Waals surface area contributed by atoms with Gasteiger partial charge in [0.2, 0.25) is 17.7 Å². The van der Waals surface area contributed by atoms with Crippen LogP contribution in [-0.2, 0) is 23.7 Å². The number of amides is 3. The van der Waals surface area contributed by atoms with Gasteiger partial charge in [-0.1, -0.05) is 68.4 Å². The molecule has 1 saturated carbocycles. The molecule has 3 amide bonds. The third-order valence-electron chi connectivity index (χ3n) is 12.7. The summed E-state index contributed by atoms with van der Waals surface area (Å²) in [6.07, 6.45) is 4.43. The van der Waals surface area contributed by atoms with E-state index >= 15 is 4.39 Å². The van der Waals surface area contributed by atoms with Gasteiger partial charge in [-0.3, -0.25) is 23.7 Å². The minimum atomic E-state index is -4.46. The molecule has 0 bridgehead atoms. The minimum Gasteiger partial charge on any atom is -0.465 e. The highest BCUT2D eigenvalue weighted by molar-refractivity contribution is 7.57. The highest BCUT2D eigenvalue weighted by Crippen LogP contribution is 2.59. The summed E-state index contributed by atoms with van der Waals surface area (Å²) in [6.45, 7) is 5.92. The molecule has 1 aromatic heterocycles. The largest absolute Gasteiger partial charge is 0.465 e. The van der Waals surface area contributed by atoms with Crippen LogP contribution >= 0.6 is 18.9 Å². The van der Waals surface area contributed by atoms with E-state index in [0.717, 1.165) is 18.4 Å². The molecule has 1 unspecified atom stereocenters. The number of ether oxygens (including phenoxy) is 1. The Morgan fingerprint density at radius 3 is 2.44 bits per heavy atom. The first-order valence-corrected chi connectivity index (χ1v) is 23.7. The van der Waals surface area contributed by atoms with E-state index in [-0.39, 0.29) is 53.5 Å². The summed E-state index contributed by atoms with van der Waals surface area (Å²) in [6, 6.07) is 24.0. The van der Waals surface area contributed by atoms with Gasteiger partial charge in [-0.15, -0.1) is 11.3 Å². The van der Waals surface area contributed by atoms with Gasteiger partial charge in [0.05, 0.1) is 29.0 Å². The first-order chi connectivity index (χ1) is 29.4.